The number of anilines is 1. The average Bonchev–Trinajstić information content (AvgIpc) is 3.67. The number of pyridine rings is 1. The molecule has 40 heavy (non-hydrogen) atoms. The number of nitriles is 1. The minimum atomic E-state index is -4.48. The smallest absolute Gasteiger partial charge is 0.326 e. The fourth-order valence-electron chi connectivity index (χ4n) is 4.42. The number of hydrogen-bond donors (Lipinski definition) is 1. The number of aryl methyl sites for hydroxylation is 1. The van der Waals surface area contributed by atoms with Crippen LogP contribution in [0.1, 0.15) is 40.8 Å². The molecule has 1 saturated carbocycles. The molecule has 1 aliphatic rings. The molecule has 1 N–H and O–H groups in total. The van der Waals surface area contributed by atoms with Gasteiger partial charge in [-0.15, -0.1) is 0 Å². The highest BCUT2D eigenvalue weighted by Crippen LogP contribution is 2.32. The van der Waals surface area contributed by atoms with Gasteiger partial charge in [0.05, 0.1) is 35.5 Å². The van der Waals surface area contributed by atoms with Crippen molar-refractivity contribution < 1.29 is 22.8 Å². The van der Waals surface area contributed by atoms with E-state index < -0.39 is 17.6 Å². The van der Waals surface area contributed by atoms with Crippen molar-refractivity contribution in [2.45, 2.75) is 38.8 Å². The molecule has 0 aliphatic heterocycles. The molecule has 7 nitrogen and oxygen atoms in total. The third-order valence-corrected chi connectivity index (χ3v) is 6.72. The summed E-state index contributed by atoms with van der Waals surface area (Å²) < 4.78 is 40.6. The molecule has 10 heteroatoms. The van der Waals surface area contributed by atoms with Crippen molar-refractivity contribution in [2.24, 2.45) is 5.92 Å². The first-order valence-electron chi connectivity index (χ1n) is 12.6. The lowest BCUT2D eigenvalue weighted by Gasteiger charge is -2.11. The number of alkyl halides is 3. The maximum atomic E-state index is 13.0. The van der Waals surface area contributed by atoms with Gasteiger partial charge < -0.3 is 5.32 Å². The lowest BCUT2D eigenvalue weighted by atomic mass is 10.0. The Morgan fingerprint density at radius 3 is 2.62 bits per heavy atom. The van der Waals surface area contributed by atoms with E-state index in [0.29, 0.717) is 33.8 Å². The summed E-state index contributed by atoms with van der Waals surface area (Å²) in [5.74, 6) is -0.191. The highest BCUT2D eigenvalue weighted by atomic mass is 19.4. The minimum absolute atomic E-state index is 0.120. The summed E-state index contributed by atoms with van der Waals surface area (Å²) in [6.45, 7) is 1.87. The molecular weight excluding hydrogens is 519 g/mol. The van der Waals surface area contributed by atoms with E-state index in [1.165, 1.54) is 12.1 Å². The molecule has 1 amide bonds. The molecule has 5 rings (SSSR count). The normalized spacial score (nSPS) is 13.1. The number of amides is 1. The van der Waals surface area contributed by atoms with Crippen molar-refractivity contribution >= 4 is 17.4 Å². The first-order valence-corrected chi connectivity index (χ1v) is 12.6. The standard InChI is InChI=1S/C30H24F3N5O2/c1-18-5-8-24(37-29(40)10-19-3-2-4-23(9-19)30(31,32)33)12-27(18)38-17-22(15-36-38)26-16-35-25(11-21(26)14-34)13-28(39)20-6-7-20/h2-5,8-9,11-12,15-17,20H,6-7,10,13H2,1H3,(H,37,40). The van der Waals surface area contributed by atoms with E-state index in [0.717, 1.165) is 30.5 Å². The van der Waals surface area contributed by atoms with Gasteiger partial charge in [0.2, 0.25) is 5.91 Å². The van der Waals surface area contributed by atoms with E-state index in [1.54, 1.807) is 47.5 Å². The number of Topliss-reactive ketones (excluding diaryl/α,β-unsaturated/α-hetero) is 1. The minimum Gasteiger partial charge on any atom is -0.326 e. The highest BCUT2D eigenvalue weighted by Gasteiger charge is 2.31. The van der Waals surface area contributed by atoms with Crippen LogP contribution in [0.5, 0.6) is 0 Å². The van der Waals surface area contributed by atoms with E-state index >= 15 is 0 Å². The summed E-state index contributed by atoms with van der Waals surface area (Å²) in [5, 5.41) is 16.9. The van der Waals surface area contributed by atoms with Crippen LogP contribution in [0.3, 0.4) is 0 Å². The number of nitrogens with one attached hydrogen (secondary N) is 1. The van der Waals surface area contributed by atoms with Gasteiger partial charge in [0.25, 0.3) is 0 Å². The van der Waals surface area contributed by atoms with Gasteiger partial charge in [-0.05, 0) is 55.2 Å². The van der Waals surface area contributed by atoms with Gasteiger partial charge in [0.1, 0.15) is 5.78 Å². The highest BCUT2D eigenvalue weighted by molar-refractivity contribution is 5.92. The first-order chi connectivity index (χ1) is 19.1. The lowest BCUT2D eigenvalue weighted by Crippen LogP contribution is -2.15. The maximum absolute atomic E-state index is 13.0. The molecule has 202 valence electrons. The molecule has 4 aromatic rings. The fraction of sp³-hybridized carbons (Fsp3) is 0.233. The number of carbonyl (C=O) groups is 2. The number of rotatable bonds is 8. The van der Waals surface area contributed by atoms with Crippen LogP contribution in [0, 0.1) is 24.2 Å². The van der Waals surface area contributed by atoms with Crippen LogP contribution in [-0.2, 0) is 28.6 Å². The van der Waals surface area contributed by atoms with Gasteiger partial charge >= 0.3 is 6.18 Å². The quantitative estimate of drug-likeness (QED) is 0.301. The third kappa shape index (κ3) is 6.10. The van der Waals surface area contributed by atoms with E-state index in [2.05, 4.69) is 21.5 Å². The molecule has 2 heterocycles. The van der Waals surface area contributed by atoms with Crippen molar-refractivity contribution in [3.8, 4) is 22.9 Å². The van der Waals surface area contributed by atoms with Gasteiger partial charge in [0, 0.05) is 47.2 Å². The van der Waals surface area contributed by atoms with Gasteiger partial charge in [-0.3, -0.25) is 14.6 Å². The van der Waals surface area contributed by atoms with Crippen molar-refractivity contribution in [3.63, 3.8) is 0 Å². The van der Waals surface area contributed by atoms with Gasteiger partial charge in [-0.25, -0.2) is 4.68 Å². The van der Waals surface area contributed by atoms with Crippen LogP contribution < -0.4 is 5.32 Å². The summed E-state index contributed by atoms with van der Waals surface area (Å²) in [6.07, 6.45) is 2.27. The van der Waals surface area contributed by atoms with E-state index in [9.17, 15) is 28.0 Å². The fourth-order valence-corrected chi connectivity index (χ4v) is 4.42. The Hall–Kier alpha value is -4.78. The van der Waals surface area contributed by atoms with Crippen molar-refractivity contribution in [1.82, 2.24) is 14.8 Å². The summed E-state index contributed by atoms with van der Waals surface area (Å²) in [5.41, 5.74) is 3.62. The number of halogens is 3. The van der Waals surface area contributed by atoms with Gasteiger partial charge in [-0.2, -0.15) is 23.5 Å². The molecule has 1 aliphatic carbocycles. The van der Waals surface area contributed by atoms with Crippen LogP contribution in [0.2, 0.25) is 0 Å². The average molecular weight is 544 g/mol. The molecule has 0 bridgehead atoms. The summed E-state index contributed by atoms with van der Waals surface area (Å²) in [7, 11) is 0. The Labute approximate surface area is 228 Å². The zero-order valence-corrected chi connectivity index (χ0v) is 21.5. The molecule has 0 atom stereocenters. The van der Waals surface area contributed by atoms with Crippen LogP contribution in [0.25, 0.3) is 16.8 Å². The van der Waals surface area contributed by atoms with Gasteiger partial charge in [0.15, 0.2) is 0 Å². The second-order valence-electron chi connectivity index (χ2n) is 9.85. The maximum Gasteiger partial charge on any atom is 0.416 e. The number of aromatic nitrogens is 3. The topological polar surface area (TPSA) is 101 Å². The SMILES string of the molecule is Cc1ccc(NC(=O)Cc2cccc(C(F)(F)F)c2)cc1-n1cc(-c2cnc(CC(=O)C3CC3)cc2C#N)cn1. The summed E-state index contributed by atoms with van der Waals surface area (Å²) >= 11 is 0. The van der Waals surface area contributed by atoms with Crippen LogP contribution in [-0.4, -0.2) is 26.5 Å². The zero-order valence-electron chi connectivity index (χ0n) is 21.5. The molecule has 2 aromatic carbocycles. The molecule has 2 aromatic heterocycles. The molecule has 0 unspecified atom stereocenters. The number of benzene rings is 2. The number of ketones is 1. The predicted octanol–water partition coefficient (Wildman–Crippen LogP) is 5.84. The Morgan fingerprint density at radius 2 is 1.90 bits per heavy atom. The lowest BCUT2D eigenvalue weighted by molar-refractivity contribution is -0.137. The molecule has 1 fully saturated rings. The largest absolute Gasteiger partial charge is 0.416 e. The molecule has 0 spiro atoms. The van der Waals surface area contributed by atoms with E-state index in [4.69, 9.17) is 0 Å². The van der Waals surface area contributed by atoms with Crippen LogP contribution in [0.15, 0.2) is 67.1 Å². The number of hydrogen-bond acceptors (Lipinski definition) is 5. The Bertz CT molecular complexity index is 1650. The van der Waals surface area contributed by atoms with Gasteiger partial charge in [-0.1, -0.05) is 24.3 Å². The monoisotopic (exact) mass is 543 g/mol. The molecule has 0 radical (unpaired) electrons. The predicted molar refractivity (Wildman–Crippen MR) is 141 cm³/mol. The number of nitrogens with zero attached hydrogens (tertiary/aromatic N) is 4. The zero-order chi connectivity index (χ0) is 28.4. The van der Waals surface area contributed by atoms with Crippen LogP contribution >= 0.6 is 0 Å². The number of carbonyl (C=O) groups excluding carboxylic acids is 2. The van der Waals surface area contributed by atoms with Crippen molar-refractivity contribution in [3.05, 3.63) is 95.1 Å². The second-order valence-corrected chi connectivity index (χ2v) is 9.85. The Kier molecular flexibility index (Phi) is 7.22. The summed E-state index contributed by atoms with van der Waals surface area (Å²) in [4.78, 5) is 29.1. The Balaban J connectivity index is 1.32. The second kappa shape index (κ2) is 10.8. The molecule has 0 saturated heterocycles. The Morgan fingerprint density at radius 1 is 1.10 bits per heavy atom. The van der Waals surface area contributed by atoms with E-state index in [-0.39, 0.29) is 30.1 Å². The van der Waals surface area contributed by atoms with E-state index in [1.807, 2.05) is 6.92 Å². The van der Waals surface area contributed by atoms with Crippen molar-refractivity contribution in [2.75, 3.05) is 5.32 Å². The van der Waals surface area contributed by atoms with Crippen molar-refractivity contribution in [1.29, 1.82) is 5.26 Å². The first kappa shape index (κ1) is 26.8. The third-order valence-electron chi connectivity index (χ3n) is 6.72. The van der Waals surface area contributed by atoms with Crippen LogP contribution in [0.4, 0.5) is 18.9 Å². The molecular formula is C30H24F3N5O2. The summed E-state index contributed by atoms with van der Waals surface area (Å²) in [6, 6.07) is 13.7.